The fraction of sp³-hybridized carbons (Fsp3) is 0.250. The van der Waals surface area contributed by atoms with Crippen LogP contribution in [0.15, 0.2) is 53.2 Å². The second-order valence-corrected chi connectivity index (χ2v) is 7.41. The molecule has 0 spiro atoms. The molecule has 4 aromatic heterocycles. The van der Waals surface area contributed by atoms with E-state index < -0.39 is 0 Å². The molecule has 4 heterocycles. The molecular weight excluding hydrogens is 450 g/mol. The molecule has 0 bridgehead atoms. The molecular formula is C24H25N7O4. The standard InChI is InChI=1S/C23H21N7O4.CH4/c1-3-24-22(31)14-8-9-25-15(10-14)12-33-23-18-7-5-4-6-17(18)20-26-27-21(30(20)28-23)19-11-16(13-32-2)34-29-19;/h4-11H,3,12-13H2,1-2H3,(H,24,31);1H4. The number of amides is 1. The van der Waals surface area contributed by atoms with Crippen molar-refractivity contribution in [2.45, 2.75) is 27.6 Å². The molecule has 0 radical (unpaired) electrons. The van der Waals surface area contributed by atoms with Crippen LogP contribution in [0.3, 0.4) is 0 Å². The van der Waals surface area contributed by atoms with Crippen molar-refractivity contribution in [1.29, 1.82) is 0 Å². The van der Waals surface area contributed by atoms with Crippen molar-refractivity contribution in [3.63, 3.8) is 0 Å². The molecule has 0 atom stereocenters. The van der Waals surface area contributed by atoms with Crippen molar-refractivity contribution in [3.05, 3.63) is 65.7 Å². The monoisotopic (exact) mass is 475 g/mol. The summed E-state index contributed by atoms with van der Waals surface area (Å²) in [5, 5.41) is 21.7. The quantitative estimate of drug-likeness (QED) is 0.359. The lowest BCUT2D eigenvalue weighted by Crippen LogP contribution is -2.22. The number of ether oxygens (including phenoxy) is 2. The molecule has 0 aliphatic rings. The Morgan fingerprint density at radius 3 is 2.74 bits per heavy atom. The fourth-order valence-corrected chi connectivity index (χ4v) is 3.55. The number of hydrogen-bond donors (Lipinski definition) is 1. The average Bonchev–Trinajstić information content (AvgIpc) is 3.50. The van der Waals surface area contributed by atoms with E-state index in [0.29, 0.717) is 46.6 Å². The molecule has 11 heteroatoms. The normalized spacial score (nSPS) is 10.9. The molecule has 180 valence electrons. The molecule has 0 saturated heterocycles. The predicted octanol–water partition coefficient (Wildman–Crippen LogP) is 3.44. The van der Waals surface area contributed by atoms with Crippen LogP contribution in [0.5, 0.6) is 5.88 Å². The lowest BCUT2D eigenvalue weighted by molar-refractivity contribution is 0.0955. The minimum atomic E-state index is -0.161. The molecule has 0 unspecified atom stereocenters. The number of carbonyl (C=O) groups excluding carboxylic acids is 1. The van der Waals surface area contributed by atoms with Gasteiger partial charge in [0, 0.05) is 42.3 Å². The van der Waals surface area contributed by atoms with Gasteiger partial charge in [0.15, 0.2) is 17.1 Å². The zero-order chi connectivity index (χ0) is 23.5. The summed E-state index contributed by atoms with van der Waals surface area (Å²) in [5.74, 6) is 1.18. The number of pyridine rings is 1. The fourth-order valence-electron chi connectivity index (χ4n) is 3.55. The van der Waals surface area contributed by atoms with Gasteiger partial charge in [-0.25, -0.2) is 0 Å². The molecule has 1 amide bonds. The molecule has 35 heavy (non-hydrogen) atoms. The highest BCUT2D eigenvalue weighted by Crippen LogP contribution is 2.29. The van der Waals surface area contributed by atoms with Crippen molar-refractivity contribution < 1.29 is 18.8 Å². The van der Waals surface area contributed by atoms with Gasteiger partial charge in [0.1, 0.15) is 13.2 Å². The first kappa shape index (κ1) is 23.8. The highest BCUT2D eigenvalue weighted by molar-refractivity contribution is 5.97. The largest absolute Gasteiger partial charge is 0.470 e. The Balaban J connectivity index is 0.00000289. The van der Waals surface area contributed by atoms with Crippen LogP contribution in [-0.2, 0) is 18.0 Å². The minimum absolute atomic E-state index is 0. The number of aromatic nitrogens is 6. The van der Waals surface area contributed by atoms with E-state index >= 15 is 0 Å². The van der Waals surface area contributed by atoms with E-state index in [-0.39, 0.29) is 26.5 Å². The van der Waals surface area contributed by atoms with Crippen molar-refractivity contribution in [2.75, 3.05) is 13.7 Å². The summed E-state index contributed by atoms with van der Waals surface area (Å²) in [6, 6.07) is 12.7. The van der Waals surface area contributed by atoms with E-state index in [9.17, 15) is 4.79 Å². The average molecular weight is 476 g/mol. The van der Waals surface area contributed by atoms with Gasteiger partial charge in [0.05, 0.1) is 5.69 Å². The summed E-state index contributed by atoms with van der Waals surface area (Å²) < 4.78 is 18.0. The van der Waals surface area contributed by atoms with E-state index in [1.807, 2.05) is 31.2 Å². The third-order valence-corrected chi connectivity index (χ3v) is 5.08. The zero-order valence-corrected chi connectivity index (χ0v) is 18.6. The van der Waals surface area contributed by atoms with E-state index in [0.717, 1.165) is 10.8 Å². The maximum Gasteiger partial charge on any atom is 0.251 e. The lowest BCUT2D eigenvalue weighted by Gasteiger charge is -2.10. The van der Waals surface area contributed by atoms with Gasteiger partial charge in [-0.05, 0) is 25.1 Å². The van der Waals surface area contributed by atoms with Crippen LogP contribution < -0.4 is 10.1 Å². The van der Waals surface area contributed by atoms with Gasteiger partial charge in [-0.15, -0.1) is 15.3 Å². The Morgan fingerprint density at radius 2 is 1.94 bits per heavy atom. The number of fused-ring (bicyclic) bond motifs is 3. The third-order valence-electron chi connectivity index (χ3n) is 5.08. The Morgan fingerprint density at radius 1 is 1.11 bits per heavy atom. The molecule has 1 aromatic carbocycles. The maximum atomic E-state index is 12.1. The lowest BCUT2D eigenvalue weighted by atomic mass is 10.2. The molecule has 11 nitrogen and oxygen atoms in total. The topological polar surface area (TPSA) is 130 Å². The number of nitrogens with zero attached hydrogens (tertiary/aromatic N) is 6. The van der Waals surface area contributed by atoms with Gasteiger partial charge in [0.2, 0.25) is 11.7 Å². The van der Waals surface area contributed by atoms with E-state index in [2.05, 4.69) is 30.8 Å². The molecule has 0 fully saturated rings. The Bertz CT molecular complexity index is 1480. The summed E-state index contributed by atoms with van der Waals surface area (Å²) in [6.45, 7) is 2.82. The highest BCUT2D eigenvalue weighted by atomic mass is 16.5. The van der Waals surface area contributed by atoms with Crippen LogP contribution in [0.25, 0.3) is 27.9 Å². The van der Waals surface area contributed by atoms with Gasteiger partial charge < -0.3 is 19.3 Å². The first-order chi connectivity index (χ1) is 16.7. The number of benzene rings is 1. The molecule has 0 saturated carbocycles. The highest BCUT2D eigenvalue weighted by Gasteiger charge is 2.19. The zero-order valence-electron chi connectivity index (χ0n) is 18.6. The van der Waals surface area contributed by atoms with E-state index in [1.54, 1.807) is 36.0 Å². The first-order valence-corrected chi connectivity index (χ1v) is 10.6. The van der Waals surface area contributed by atoms with Crippen molar-refractivity contribution >= 4 is 22.3 Å². The Labute approximate surface area is 201 Å². The van der Waals surface area contributed by atoms with Crippen LogP contribution in [0.2, 0.25) is 0 Å². The minimum Gasteiger partial charge on any atom is -0.470 e. The molecule has 5 rings (SSSR count). The van der Waals surface area contributed by atoms with Crippen molar-refractivity contribution in [1.82, 2.24) is 35.3 Å². The Kier molecular flexibility index (Phi) is 6.97. The van der Waals surface area contributed by atoms with Gasteiger partial charge in [-0.3, -0.25) is 9.78 Å². The van der Waals surface area contributed by atoms with Crippen molar-refractivity contribution in [2.24, 2.45) is 0 Å². The molecule has 0 aliphatic heterocycles. The molecule has 0 aliphatic carbocycles. The van der Waals surface area contributed by atoms with Crippen LogP contribution in [0.1, 0.15) is 36.2 Å². The summed E-state index contributed by atoms with van der Waals surface area (Å²) in [4.78, 5) is 16.5. The Hall–Kier alpha value is -4.38. The summed E-state index contributed by atoms with van der Waals surface area (Å²) in [5.41, 5.74) is 2.15. The van der Waals surface area contributed by atoms with Crippen LogP contribution in [0, 0.1) is 0 Å². The number of hydrogen-bond acceptors (Lipinski definition) is 9. The number of rotatable bonds is 8. The summed E-state index contributed by atoms with van der Waals surface area (Å²) in [7, 11) is 1.58. The SMILES string of the molecule is C.CCNC(=O)c1ccnc(COc2nn3c(-c4cc(COC)on4)nnc3c3ccccc23)c1. The molecule has 5 aromatic rings. The summed E-state index contributed by atoms with van der Waals surface area (Å²) >= 11 is 0. The van der Waals surface area contributed by atoms with Crippen LogP contribution >= 0.6 is 0 Å². The van der Waals surface area contributed by atoms with E-state index in [4.69, 9.17) is 14.0 Å². The predicted molar refractivity (Wildman–Crippen MR) is 128 cm³/mol. The number of methoxy groups -OCH3 is 1. The maximum absolute atomic E-state index is 12.1. The van der Waals surface area contributed by atoms with Gasteiger partial charge >= 0.3 is 0 Å². The van der Waals surface area contributed by atoms with Crippen LogP contribution in [0.4, 0.5) is 0 Å². The van der Waals surface area contributed by atoms with Gasteiger partial charge in [-0.1, -0.05) is 30.8 Å². The van der Waals surface area contributed by atoms with Gasteiger partial charge in [0.25, 0.3) is 5.91 Å². The summed E-state index contributed by atoms with van der Waals surface area (Å²) in [6.07, 6.45) is 1.58. The molecule has 1 N–H and O–H groups in total. The first-order valence-electron chi connectivity index (χ1n) is 10.6. The van der Waals surface area contributed by atoms with Gasteiger partial charge in [-0.2, -0.15) is 4.52 Å². The third kappa shape index (κ3) is 4.66. The second kappa shape index (κ2) is 10.3. The smallest absolute Gasteiger partial charge is 0.251 e. The number of nitrogens with one attached hydrogen (secondary N) is 1. The van der Waals surface area contributed by atoms with Crippen molar-refractivity contribution in [3.8, 4) is 17.4 Å². The van der Waals surface area contributed by atoms with Crippen LogP contribution in [-0.4, -0.2) is 49.5 Å². The van der Waals surface area contributed by atoms with E-state index in [1.165, 1.54) is 0 Å². The number of carbonyl (C=O) groups is 1. The second-order valence-electron chi connectivity index (χ2n) is 7.41.